The van der Waals surface area contributed by atoms with Crippen LogP contribution in [-0.2, 0) is 9.31 Å². The molecule has 0 spiro atoms. The van der Waals surface area contributed by atoms with Gasteiger partial charge in [-0.2, -0.15) is 0 Å². The van der Waals surface area contributed by atoms with Crippen molar-refractivity contribution in [2.75, 3.05) is 6.61 Å². The molecule has 0 aromatic rings. The van der Waals surface area contributed by atoms with Gasteiger partial charge in [0.05, 0.1) is 0 Å². The van der Waals surface area contributed by atoms with E-state index in [0.29, 0.717) is 5.82 Å². The molecule has 0 amide bonds. The normalized spacial score (nSPS) is 11.3. The Balaban J connectivity index is 3.67. The van der Waals surface area contributed by atoms with Gasteiger partial charge in [0.1, 0.15) is 0 Å². The minimum atomic E-state index is -0.0356. The molecular formula is C10H23BO2. The molecule has 0 fully saturated rings. The highest BCUT2D eigenvalue weighted by atomic mass is 16.6. The molecule has 0 rings (SSSR count). The predicted molar refractivity (Wildman–Crippen MR) is 57.9 cm³/mol. The molecule has 3 heteroatoms. The molecule has 0 aliphatic heterocycles. The molecule has 78 valence electrons. The van der Waals surface area contributed by atoms with Crippen LogP contribution in [0.4, 0.5) is 0 Å². The fraction of sp³-hybridized carbons (Fsp3) is 1.00. The van der Waals surface area contributed by atoms with Gasteiger partial charge in [0.25, 0.3) is 0 Å². The van der Waals surface area contributed by atoms with Crippen molar-refractivity contribution >= 4 is 7.12 Å². The summed E-state index contributed by atoms with van der Waals surface area (Å²) in [7, 11) is -0.0356. The first-order valence-electron chi connectivity index (χ1n) is 5.35. The van der Waals surface area contributed by atoms with Gasteiger partial charge in [-0.15, -0.1) is 0 Å². The summed E-state index contributed by atoms with van der Waals surface area (Å²) in [5.74, 6) is 0.430. The third-order valence-electron chi connectivity index (χ3n) is 1.73. The minimum absolute atomic E-state index is 0.0356. The first kappa shape index (κ1) is 13.0. The SMILES string of the molecule is CCCCOB(OC(C)C)C(C)C. The molecule has 13 heavy (non-hydrogen) atoms. The van der Waals surface area contributed by atoms with E-state index in [1.54, 1.807) is 0 Å². The lowest BCUT2D eigenvalue weighted by atomic mass is 9.74. The van der Waals surface area contributed by atoms with Crippen molar-refractivity contribution < 1.29 is 9.31 Å². The lowest BCUT2D eigenvalue weighted by Gasteiger charge is -2.19. The van der Waals surface area contributed by atoms with Gasteiger partial charge < -0.3 is 9.31 Å². The Hall–Kier alpha value is -0.0151. The van der Waals surface area contributed by atoms with Crippen LogP contribution in [0, 0.1) is 0 Å². The molecule has 0 bridgehead atoms. The molecule has 0 unspecified atom stereocenters. The summed E-state index contributed by atoms with van der Waals surface area (Å²) in [6.45, 7) is 11.3. The smallest absolute Gasteiger partial charge is 0.411 e. The zero-order valence-corrected chi connectivity index (χ0v) is 9.67. The van der Waals surface area contributed by atoms with Crippen LogP contribution in [0.3, 0.4) is 0 Å². The molecule has 0 aliphatic rings. The van der Waals surface area contributed by atoms with E-state index in [2.05, 4.69) is 20.8 Å². The van der Waals surface area contributed by atoms with Crippen molar-refractivity contribution in [2.24, 2.45) is 0 Å². The van der Waals surface area contributed by atoms with E-state index in [0.717, 1.165) is 13.0 Å². The second-order valence-electron chi connectivity index (χ2n) is 4.02. The first-order chi connectivity index (χ1) is 6.07. The topological polar surface area (TPSA) is 18.5 Å². The van der Waals surface area contributed by atoms with Crippen LogP contribution in [-0.4, -0.2) is 19.8 Å². The average Bonchev–Trinajstić information content (AvgIpc) is 2.02. The Morgan fingerprint density at radius 2 is 1.77 bits per heavy atom. The summed E-state index contributed by atoms with van der Waals surface area (Å²) in [5, 5.41) is 0. The van der Waals surface area contributed by atoms with Gasteiger partial charge in [-0.05, 0) is 26.1 Å². The van der Waals surface area contributed by atoms with E-state index in [-0.39, 0.29) is 13.2 Å². The van der Waals surface area contributed by atoms with Crippen molar-refractivity contribution in [3.8, 4) is 0 Å². The molecule has 0 aliphatic carbocycles. The van der Waals surface area contributed by atoms with Gasteiger partial charge in [0.2, 0.25) is 0 Å². The largest absolute Gasteiger partial charge is 0.459 e. The van der Waals surface area contributed by atoms with Gasteiger partial charge in [-0.1, -0.05) is 27.2 Å². The number of hydrogen-bond acceptors (Lipinski definition) is 2. The van der Waals surface area contributed by atoms with Gasteiger partial charge in [-0.3, -0.25) is 0 Å². The lowest BCUT2D eigenvalue weighted by Crippen LogP contribution is -2.29. The van der Waals surface area contributed by atoms with E-state index in [9.17, 15) is 0 Å². The van der Waals surface area contributed by atoms with Crippen molar-refractivity contribution in [1.29, 1.82) is 0 Å². The lowest BCUT2D eigenvalue weighted by molar-refractivity contribution is 0.151. The molecule has 0 heterocycles. The van der Waals surface area contributed by atoms with Crippen molar-refractivity contribution in [2.45, 2.75) is 59.4 Å². The van der Waals surface area contributed by atoms with Crippen molar-refractivity contribution in [3.05, 3.63) is 0 Å². The molecule has 2 nitrogen and oxygen atoms in total. The molecule has 0 aromatic carbocycles. The molecule has 0 N–H and O–H groups in total. The minimum Gasteiger partial charge on any atom is -0.411 e. The van der Waals surface area contributed by atoms with E-state index < -0.39 is 0 Å². The summed E-state index contributed by atoms with van der Waals surface area (Å²) in [4.78, 5) is 0. The summed E-state index contributed by atoms with van der Waals surface area (Å²) < 4.78 is 11.3. The van der Waals surface area contributed by atoms with Crippen molar-refractivity contribution in [1.82, 2.24) is 0 Å². The summed E-state index contributed by atoms with van der Waals surface area (Å²) >= 11 is 0. The standard InChI is InChI=1S/C10H23BO2/c1-6-7-8-12-11(9(2)3)13-10(4)5/h9-10H,6-8H2,1-5H3. The Labute approximate surface area is 83.1 Å². The van der Waals surface area contributed by atoms with E-state index in [1.165, 1.54) is 6.42 Å². The van der Waals surface area contributed by atoms with Gasteiger partial charge >= 0.3 is 7.12 Å². The molecule has 0 saturated heterocycles. The monoisotopic (exact) mass is 186 g/mol. The van der Waals surface area contributed by atoms with Crippen LogP contribution in [0.2, 0.25) is 5.82 Å². The summed E-state index contributed by atoms with van der Waals surface area (Å²) in [5.41, 5.74) is 0. The Morgan fingerprint density at radius 3 is 2.15 bits per heavy atom. The fourth-order valence-corrected chi connectivity index (χ4v) is 1.00. The van der Waals surface area contributed by atoms with Crippen LogP contribution in [0.25, 0.3) is 0 Å². The maximum Gasteiger partial charge on any atom is 0.459 e. The highest BCUT2D eigenvalue weighted by Gasteiger charge is 2.23. The second kappa shape index (κ2) is 7.39. The molecule has 0 saturated carbocycles. The van der Waals surface area contributed by atoms with E-state index >= 15 is 0 Å². The number of unbranched alkanes of at least 4 members (excludes halogenated alkanes) is 1. The highest BCUT2D eigenvalue weighted by molar-refractivity contribution is 6.46. The number of hydrogen-bond donors (Lipinski definition) is 0. The van der Waals surface area contributed by atoms with Crippen LogP contribution in [0.5, 0.6) is 0 Å². The summed E-state index contributed by atoms with van der Waals surface area (Å²) in [6, 6.07) is 0. The Morgan fingerprint density at radius 1 is 1.15 bits per heavy atom. The maximum atomic E-state index is 5.64. The predicted octanol–water partition coefficient (Wildman–Crippen LogP) is 3.13. The maximum absolute atomic E-state index is 5.64. The van der Waals surface area contributed by atoms with Gasteiger partial charge in [-0.25, -0.2) is 0 Å². The first-order valence-corrected chi connectivity index (χ1v) is 5.35. The average molecular weight is 186 g/mol. The van der Waals surface area contributed by atoms with Crippen LogP contribution < -0.4 is 0 Å². The summed E-state index contributed by atoms with van der Waals surface area (Å²) in [6.07, 6.45) is 2.53. The molecule has 0 radical (unpaired) electrons. The third kappa shape index (κ3) is 7.09. The van der Waals surface area contributed by atoms with Crippen LogP contribution >= 0.6 is 0 Å². The van der Waals surface area contributed by atoms with Crippen LogP contribution in [0.15, 0.2) is 0 Å². The van der Waals surface area contributed by atoms with E-state index in [4.69, 9.17) is 9.31 Å². The quantitative estimate of drug-likeness (QED) is 0.449. The third-order valence-corrected chi connectivity index (χ3v) is 1.73. The van der Waals surface area contributed by atoms with Gasteiger partial charge in [0, 0.05) is 12.7 Å². The Kier molecular flexibility index (Phi) is 7.39. The van der Waals surface area contributed by atoms with E-state index in [1.807, 2.05) is 13.8 Å². The fourth-order valence-electron chi connectivity index (χ4n) is 1.00. The Bertz CT molecular complexity index is 115. The second-order valence-corrected chi connectivity index (χ2v) is 4.02. The van der Waals surface area contributed by atoms with Crippen molar-refractivity contribution in [3.63, 3.8) is 0 Å². The molecule has 0 aromatic heterocycles. The zero-order chi connectivity index (χ0) is 10.3. The van der Waals surface area contributed by atoms with Crippen LogP contribution in [0.1, 0.15) is 47.5 Å². The molecule has 0 atom stereocenters. The number of rotatable bonds is 7. The molecular weight excluding hydrogens is 163 g/mol. The zero-order valence-electron chi connectivity index (χ0n) is 9.67. The highest BCUT2D eigenvalue weighted by Crippen LogP contribution is 2.12. The van der Waals surface area contributed by atoms with Gasteiger partial charge in [0.15, 0.2) is 0 Å².